The maximum Gasteiger partial charge on any atom is 0.0530 e. The molecule has 0 saturated heterocycles. The van der Waals surface area contributed by atoms with E-state index in [9.17, 15) is 0 Å². The Morgan fingerprint density at radius 3 is 1.55 bits per heavy atom. The zero-order valence-electron chi connectivity index (χ0n) is 13.3. The Morgan fingerprint density at radius 2 is 1.05 bits per heavy atom. The van der Waals surface area contributed by atoms with Gasteiger partial charge in [0.2, 0.25) is 0 Å². The van der Waals surface area contributed by atoms with E-state index in [4.69, 9.17) is 5.11 Å². The molecule has 122 valence electrons. The van der Waals surface area contributed by atoms with Gasteiger partial charge in [0.25, 0.3) is 0 Å². The van der Waals surface area contributed by atoms with Crippen LogP contribution in [-0.2, 0) is 0 Å². The summed E-state index contributed by atoms with van der Waals surface area (Å²) in [6, 6.07) is 0. The minimum atomic E-state index is 0.302. The summed E-state index contributed by atoms with van der Waals surface area (Å²) in [7, 11) is 5.54. The molecule has 0 aliphatic carbocycles. The predicted molar refractivity (Wildman–Crippen MR) is 101 cm³/mol. The molecule has 0 heterocycles. The Kier molecular flexibility index (Phi) is 21.0. The summed E-state index contributed by atoms with van der Waals surface area (Å²) in [5, 5.41) is 8.64. The highest BCUT2D eigenvalue weighted by atomic mass is 33.5. The lowest BCUT2D eigenvalue weighted by Gasteiger charge is -2.03. The van der Waals surface area contributed by atoms with Gasteiger partial charge in [0.15, 0.2) is 0 Å². The van der Waals surface area contributed by atoms with E-state index in [2.05, 4.69) is 6.92 Å². The molecular weight excluding hydrogens is 304 g/mol. The first kappa shape index (κ1) is 21.0. The SMILES string of the molecule is CCCCCCCCCCCCCCSSSCCO. The molecule has 4 heteroatoms. The van der Waals surface area contributed by atoms with Gasteiger partial charge in [-0.3, -0.25) is 0 Å². The van der Waals surface area contributed by atoms with Gasteiger partial charge >= 0.3 is 0 Å². The quantitative estimate of drug-likeness (QED) is 0.235. The van der Waals surface area contributed by atoms with E-state index in [1.807, 2.05) is 20.6 Å². The van der Waals surface area contributed by atoms with Crippen molar-refractivity contribution in [3.05, 3.63) is 0 Å². The Hall–Kier alpha value is 1.01. The van der Waals surface area contributed by atoms with Crippen LogP contribution >= 0.6 is 31.4 Å². The predicted octanol–water partition coefficient (Wildman–Crippen LogP) is 6.71. The average molecular weight is 339 g/mol. The van der Waals surface area contributed by atoms with Gasteiger partial charge in [0, 0.05) is 11.5 Å². The van der Waals surface area contributed by atoms with Crippen molar-refractivity contribution in [1.29, 1.82) is 0 Å². The van der Waals surface area contributed by atoms with Crippen LogP contribution in [0.2, 0.25) is 0 Å². The normalized spacial score (nSPS) is 11.1. The molecule has 0 aromatic carbocycles. The number of hydrogen-bond acceptors (Lipinski definition) is 4. The molecule has 0 atom stereocenters. The van der Waals surface area contributed by atoms with Crippen molar-refractivity contribution in [2.75, 3.05) is 18.1 Å². The van der Waals surface area contributed by atoms with Crippen molar-refractivity contribution in [2.45, 2.75) is 84.0 Å². The molecule has 0 radical (unpaired) electrons. The summed E-state index contributed by atoms with van der Waals surface area (Å²) in [5.41, 5.74) is 0. The molecular formula is C16H34OS3. The topological polar surface area (TPSA) is 20.2 Å². The zero-order chi connectivity index (χ0) is 14.7. The lowest BCUT2D eigenvalue weighted by Crippen LogP contribution is -1.83. The minimum absolute atomic E-state index is 0.302. The Bertz CT molecular complexity index is 150. The first-order valence-electron chi connectivity index (χ1n) is 8.43. The van der Waals surface area contributed by atoms with E-state index in [0.29, 0.717) is 6.61 Å². The van der Waals surface area contributed by atoms with Crippen molar-refractivity contribution in [1.82, 2.24) is 0 Å². The van der Waals surface area contributed by atoms with Gasteiger partial charge in [-0.25, -0.2) is 0 Å². The maximum atomic E-state index is 8.64. The molecule has 0 saturated carbocycles. The molecule has 0 aliphatic rings. The van der Waals surface area contributed by atoms with E-state index in [0.717, 1.165) is 5.75 Å². The maximum absolute atomic E-state index is 8.64. The summed E-state index contributed by atoms with van der Waals surface area (Å²) < 4.78 is 0. The smallest absolute Gasteiger partial charge is 0.0530 e. The molecule has 0 aromatic rings. The zero-order valence-corrected chi connectivity index (χ0v) is 15.7. The van der Waals surface area contributed by atoms with Crippen molar-refractivity contribution >= 4 is 31.4 Å². The van der Waals surface area contributed by atoms with Crippen LogP contribution in [0, 0.1) is 0 Å². The average Bonchev–Trinajstić information content (AvgIpc) is 2.47. The van der Waals surface area contributed by atoms with E-state index in [1.165, 1.54) is 82.8 Å². The van der Waals surface area contributed by atoms with Gasteiger partial charge in [-0.2, -0.15) is 0 Å². The molecule has 0 aromatic heterocycles. The Labute approximate surface area is 138 Å². The summed E-state index contributed by atoms with van der Waals surface area (Å²) in [6.07, 6.45) is 17.1. The van der Waals surface area contributed by atoms with Gasteiger partial charge in [0.05, 0.1) is 6.61 Å². The summed E-state index contributed by atoms with van der Waals surface area (Å²) >= 11 is 0. The van der Waals surface area contributed by atoms with Crippen molar-refractivity contribution in [3.63, 3.8) is 0 Å². The molecule has 0 bridgehead atoms. The first-order chi connectivity index (χ1) is 9.91. The highest BCUT2D eigenvalue weighted by Crippen LogP contribution is 2.34. The second-order valence-electron chi connectivity index (χ2n) is 5.32. The van der Waals surface area contributed by atoms with Crippen LogP contribution in [0.5, 0.6) is 0 Å². The fraction of sp³-hybridized carbons (Fsp3) is 1.00. The van der Waals surface area contributed by atoms with Crippen LogP contribution in [0.3, 0.4) is 0 Å². The molecule has 0 aliphatic heterocycles. The second kappa shape index (κ2) is 20.0. The van der Waals surface area contributed by atoms with E-state index < -0.39 is 0 Å². The third kappa shape index (κ3) is 19.0. The van der Waals surface area contributed by atoms with Gasteiger partial charge in [0.1, 0.15) is 0 Å². The third-order valence-corrected chi connectivity index (χ3v) is 7.66. The Morgan fingerprint density at radius 1 is 0.600 bits per heavy atom. The fourth-order valence-corrected chi connectivity index (χ4v) is 5.77. The van der Waals surface area contributed by atoms with Crippen LogP contribution < -0.4 is 0 Å². The second-order valence-corrected chi connectivity index (χ2v) is 9.80. The van der Waals surface area contributed by atoms with Gasteiger partial charge in [-0.15, -0.1) is 0 Å². The number of hydrogen-bond donors (Lipinski definition) is 1. The molecule has 1 N–H and O–H groups in total. The monoisotopic (exact) mass is 338 g/mol. The number of rotatable bonds is 17. The fourth-order valence-electron chi connectivity index (χ4n) is 2.14. The van der Waals surface area contributed by atoms with Crippen LogP contribution in [0.15, 0.2) is 0 Å². The standard InChI is InChI=1S/C16H34OS3/c1-2-3-4-5-6-7-8-9-10-11-12-13-15-18-20-19-16-14-17/h17H,2-16H2,1H3. The number of aliphatic hydroxyl groups excluding tert-OH is 1. The highest BCUT2D eigenvalue weighted by Gasteiger charge is 1.94. The Balaban J connectivity index is 2.89. The molecule has 20 heavy (non-hydrogen) atoms. The lowest BCUT2D eigenvalue weighted by molar-refractivity contribution is 0.323. The van der Waals surface area contributed by atoms with Crippen molar-refractivity contribution in [3.8, 4) is 0 Å². The van der Waals surface area contributed by atoms with Crippen molar-refractivity contribution < 1.29 is 5.11 Å². The largest absolute Gasteiger partial charge is 0.395 e. The van der Waals surface area contributed by atoms with Crippen LogP contribution in [0.1, 0.15) is 84.0 Å². The van der Waals surface area contributed by atoms with E-state index in [1.54, 1.807) is 10.8 Å². The number of unbranched alkanes of at least 4 members (excludes halogenated alkanes) is 11. The van der Waals surface area contributed by atoms with Gasteiger partial charge in [-0.1, -0.05) is 99.1 Å². The van der Waals surface area contributed by atoms with Crippen LogP contribution in [-0.4, -0.2) is 23.2 Å². The summed E-state index contributed by atoms with van der Waals surface area (Å²) in [6.45, 7) is 2.59. The third-order valence-electron chi connectivity index (χ3n) is 3.35. The van der Waals surface area contributed by atoms with E-state index in [-0.39, 0.29) is 0 Å². The minimum Gasteiger partial charge on any atom is -0.395 e. The van der Waals surface area contributed by atoms with Crippen molar-refractivity contribution in [2.24, 2.45) is 0 Å². The van der Waals surface area contributed by atoms with Crippen LogP contribution in [0.25, 0.3) is 0 Å². The van der Waals surface area contributed by atoms with Gasteiger partial charge < -0.3 is 5.11 Å². The molecule has 0 spiro atoms. The summed E-state index contributed by atoms with van der Waals surface area (Å²) in [5.74, 6) is 2.12. The molecule has 0 rings (SSSR count). The lowest BCUT2D eigenvalue weighted by atomic mass is 10.1. The molecule has 0 unspecified atom stereocenters. The highest BCUT2D eigenvalue weighted by molar-refractivity contribution is 9.09. The first-order valence-corrected chi connectivity index (χ1v) is 12.3. The molecule has 0 fully saturated rings. The van der Waals surface area contributed by atoms with E-state index >= 15 is 0 Å². The molecule has 1 nitrogen and oxygen atoms in total. The number of aliphatic hydroxyl groups is 1. The summed E-state index contributed by atoms with van der Waals surface area (Å²) in [4.78, 5) is 0. The molecule has 0 amide bonds. The van der Waals surface area contributed by atoms with Crippen LogP contribution in [0.4, 0.5) is 0 Å². The van der Waals surface area contributed by atoms with Gasteiger partial charge in [-0.05, 0) is 16.2 Å².